The van der Waals surface area contributed by atoms with Crippen molar-refractivity contribution in [3.63, 3.8) is 0 Å². The molecule has 170 valence electrons. The van der Waals surface area contributed by atoms with Crippen LogP contribution in [0.25, 0.3) is 0 Å². The lowest BCUT2D eigenvalue weighted by Crippen LogP contribution is -2.53. The van der Waals surface area contributed by atoms with Gasteiger partial charge in [0.2, 0.25) is 5.91 Å². The van der Waals surface area contributed by atoms with Gasteiger partial charge in [-0.2, -0.15) is 4.31 Å². The zero-order chi connectivity index (χ0) is 22.2. The fraction of sp³-hybridized carbons (Fsp3) is 0.632. The number of imide groups is 1. The maximum atomic E-state index is 13.0. The summed E-state index contributed by atoms with van der Waals surface area (Å²) in [5.41, 5.74) is -0.872. The highest BCUT2D eigenvalue weighted by Crippen LogP contribution is 2.33. The third-order valence-electron chi connectivity index (χ3n) is 6.23. The van der Waals surface area contributed by atoms with Crippen LogP contribution in [-0.2, 0) is 19.6 Å². The van der Waals surface area contributed by atoms with E-state index in [9.17, 15) is 22.8 Å². The molecular formula is C19H25ClN4O5S2. The molecule has 1 saturated carbocycles. The summed E-state index contributed by atoms with van der Waals surface area (Å²) in [6, 6.07) is 2.50. The fourth-order valence-corrected chi connectivity index (χ4v) is 7.53. The van der Waals surface area contributed by atoms with Crippen molar-refractivity contribution in [2.24, 2.45) is 0 Å². The Morgan fingerprint density at radius 1 is 1.06 bits per heavy atom. The van der Waals surface area contributed by atoms with Crippen molar-refractivity contribution >= 4 is 50.8 Å². The van der Waals surface area contributed by atoms with Crippen molar-refractivity contribution in [3.05, 3.63) is 16.5 Å². The minimum Gasteiger partial charge on any atom is -0.338 e. The number of amides is 4. The lowest BCUT2D eigenvalue weighted by Gasteiger charge is -2.34. The van der Waals surface area contributed by atoms with Crippen LogP contribution < -0.4 is 5.32 Å². The molecule has 31 heavy (non-hydrogen) atoms. The van der Waals surface area contributed by atoms with E-state index in [0.29, 0.717) is 17.2 Å². The van der Waals surface area contributed by atoms with Gasteiger partial charge in [0.05, 0.1) is 4.34 Å². The summed E-state index contributed by atoms with van der Waals surface area (Å²) in [5.74, 6) is -0.672. The number of carbonyl (C=O) groups excluding carboxylic acids is 3. The summed E-state index contributed by atoms with van der Waals surface area (Å²) in [5, 5.41) is 2.83. The zero-order valence-corrected chi connectivity index (χ0v) is 19.4. The number of hydrogen-bond donors (Lipinski definition) is 1. The molecule has 9 nitrogen and oxygen atoms in total. The summed E-state index contributed by atoms with van der Waals surface area (Å²) in [6.07, 6.45) is 5.03. The highest BCUT2D eigenvalue weighted by Gasteiger charge is 2.51. The molecule has 0 radical (unpaired) electrons. The normalized spacial score (nSPS) is 22.6. The van der Waals surface area contributed by atoms with Crippen LogP contribution in [0.2, 0.25) is 4.34 Å². The topological polar surface area (TPSA) is 107 Å². The van der Waals surface area contributed by atoms with Crippen molar-refractivity contribution in [1.29, 1.82) is 0 Å². The summed E-state index contributed by atoms with van der Waals surface area (Å²) < 4.78 is 27.3. The van der Waals surface area contributed by atoms with Crippen molar-refractivity contribution < 1.29 is 22.8 Å². The lowest BCUT2D eigenvalue weighted by atomic mass is 9.90. The van der Waals surface area contributed by atoms with Gasteiger partial charge in [-0.05, 0) is 25.0 Å². The van der Waals surface area contributed by atoms with Crippen LogP contribution in [-0.4, -0.2) is 78.6 Å². The van der Waals surface area contributed by atoms with Crippen LogP contribution in [0.15, 0.2) is 16.3 Å². The van der Waals surface area contributed by atoms with Gasteiger partial charge in [-0.25, -0.2) is 13.2 Å². The van der Waals surface area contributed by atoms with Gasteiger partial charge in [-0.1, -0.05) is 37.3 Å². The van der Waals surface area contributed by atoms with Gasteiger partial charge in [0.1, 0.15) is 16.3 Å². The molecular weight excluding hydrogens is 464 g/mol. The van der Waals surface area contributed by atoms with E-state index in [4.69, 9.17) is 11.6 Å². The number of sulfonamides is 1. The SMILES string of the molecule is O=C(CN1C(=O)NC2(CCCCCC2)C1=O)N1CCN(S(=O)(=O)c2ccc(Cl)s2)CC1. The Balaban J connectivity index is 1.36. The fourth-order valence-electron chi connectivity index (χ4n) is 4.47. The molecule has 1 aromatic rings. The number of piperazine rings is 1. The Morgan fingerprint density at radius 2 is 1.71 bits per heavy atom. The van der Waals surface area contributed by atoms with Gasteiger partial charge in [-0.15, -0.1) is 11.3 Å². The smallest absolute Gasteiger partial charge is 0.325 e. The molecule has 1 N–H and O–H groups in total. The molecule has 3 aliphatic rings. The van der Waals surface area contributed by atoms with E-state index < -0.39 is 21.6 Å². The summed E-state index contributed by atoms with van der Waals surface area (Å²) in [4.78, 5) is 40.7. The number of hydrogen-bond acceptors (Lipinski definition) is 6. The molecule has 3 heterocycles. The number of nitrogens with zero attached hydrogens (tertiary/aromatic N) is 3. The van der Waals surface area contributed by atoms with Crippen LogP contribution in [0.4, 0.5) is 4.79 Å². The van der Waals surface area contributed by atoms with Gasteiger partial charge >= 0.3 is 6.03 Å². The molecule has 12 heteroatoms. The average molecular weight is 489 g/mol. The number of urea groups is 1. The predicted molar refractivity (Wildman–Crippen MR) is 115 cm³/mol. The quantitative estimate of drug-likeness (QED) is 0.651. The molecule has 2 aliphatic heterocycles. The molecule has 1 spiro atoms. The largest absolute Gasteiger partial charge is 0.338 e. The second-order valence-corrected chi connectivity index (χ2v) is 12.0. The zero-order valence-electron chi connectivity index (χ0n) is 17.0. The third kappa shape index (κ3) is 4.33. The van der Waals surface area contributed by atoms with Crippen molar-refractivity contribution in [1.82, 2.24) is 19.4 Å². The number of nitrogens with one attached hydrogen (secondary N) is 1. The van der Waals surface area contributed by atoms with E-state index in [0.717, 1.165) is 41.9 Å². The number of halogens is 1. The molecule has 0 aromatic carbocycles. The van der Waals surface area contributed by atoms with Crippen molar-refractivity contribution in [3.8, 4) is 0 Å². The van der Waals surface area contributed by atoms with Crippen LogP contribution in [0.1, 0.15) is 38.5 Å². The van der Waals surface area contributed by atoms with E-state index in [1.807, 2.05) is 0 Å². The maximum absolute atomic E-state index is 13.0. The standard InChI is InChI=1S/C19H25ClN4O5S2/c20-14-5-6-16(30-14)31(28,29)23-11-9-22(10-12-23)15(25)13-24-17(26)19(21-18(24)27)7-3-1-2-4-8-19/h5-6H,1-4,7-13H2,(H,21,27). The average Bonchev–Trinajstić information content (AvgIpc) is 3.17. The minimum atomic E-state index is -3.65. The first-order chi connectivity index (χ1) is 14.7. The molecule has 0 atom stereocenters. The molecule has 4 amide bonds. The van der Waals surface area contributed by atoms with Crippen molar-refractivity contribution in [2.75, 3.05) is 32.7 Å². The van der Waals surface area contributed by atoms with E-state index in [1.54, 1.807) is 0 Å². The van der Waals surface area contributed by atoms with Crippen LogP contribution >= 0.6 is 22.9 Å². The second-order valence-electron chi connectivity index (χ2n) is 8.16. The van der Waals surface area contributed by atoms with Crippen LogP contribution in [0.5, 0.6) is 0 Å². The highest BCUT2D eigenvalue weighted by molar-refractivity contribution is 7.91. The van der Waals surface area contributed by atoms with Gasteiger partial charge in [0.25, 0.3) is 15.9 Å². The number of rotatable bonds is 4. The Morgan fingerprint density at radius 3 is 2.29 bits per heavy atom. The lowest BCUT2D eigenvalue weighted by molar-refractivity contribution is -0.139. The predicted octanol–water partition coefficient (Wildman–Crippen LogP) is 1.88. The van der Waals surface area contributed by atoms with Crippen molar-refractivity contribution in [2.45, 2.75) is 48.3 Å². The first-order valence-corrected chi connectivity index (χ1v) is 13.0. The van der Waals surface area contributed by atoms with E-state index >= 15 is 0 Å². The van der Waals surface area contributed by atoms with E-state index in [2.05, 4.69) is 5.32 Å². The monoisotopic (exact) mass is 488 g/mol. The molecule has 2 saturated heterocycles. The molecule has 0 unspecified atom stereocenters. The Kier molecular flexibility index (Phi) is 6.30. The Labute approximate surface area is 190 Å². The Bertz CT molecular complexity index is 979. The first kappa shape index (κ1) is 22.5. The van der Waals surface area contributed by atoms with Gasteiger partial charge in [-0.3, -0.25) is 14.5 Å². The summed E-state index contributed by atoms with van der Waals surface area (Å²) in [6.45, 7) is 0.374. The van der Waals surface area contributed by atoms with E-state index in [1.165, 1.54) is 21.3 Å². The molecule has 1 aliphatic carbocycles. The number of thiophene rings is 1. The minimum absolute atomic E-state index is 0.147. The van der Waals surface area contributed by atoms with Crippen LogP contribution in [0.3, 0.4) is 0 Å². The third-order valence-corrected chi connectivity index (χ3v) is 9.83. The van der Waals surface area contributed by atoms with Gasteiger partial charge in [0.15, 0.2) is 0 Å². The Hall–Kier alpha value is -1.69. The van der Waals surface area contributed by atoms with Gasteiger partial charge < -0.3 is 10.2 Å². The summed E-state index contributed by atoms with van der Waals surface area (Å²) in [7, 11) is -3.65. The second kappa shape index (κ2) is 8.68. The molecule has 0 bridgehead atoms. The maximum Gasteiger partial charge on any atom is 0.325 e. The molecule has 1 aromatic heterocycles. The van der Waals surface area contributed by atoms with Gasteiger partial charge in [0, 0.05) is 26.2 Å². The first-order valence-electron chi connectivity index (χ1n) is 10.4. The molecule has 3 fully saturated rings. The molecule has 4 rings (SSSR count). The van der Waals surface area contributed by atoms with E-state index in [-0.39, 0.29) is 48.7 Å². The summed E-state index contributed by atoms with van der Waals surface area (Å²) >= 11 is 6.85. The highest BCUT2D eigenvalue weighted by atomic mass is 35.5. The van der Waals surface area contributed by atoms with Crippen LogP contribution in [0, 0.1) is 0 Å². The number of carbonyl (C=O) groups is 3.